The summed E-state index contributed by atoms with van der Waals surface area (Å²) >= 11 is 1.63. The van der Waals surface area contributed by atoms with E-state index in [2.05, 4.69) is 5.32 Å². The summed E-state index contributed by atoms with van der Waals surface area (Å²) < 4.78 is 6.48. The maximum Gasteiger partial charge on any atom is 0.310 e. The molecule has 1 aromatic heterocycles. The molecule has 0 unspecified atom stereocenters. The van der Waals surface area contributed by atoms with Crippen LogP contribution in [0.5, 0.6) is 0 Å². The molecule has 0 radical (unpaired) electrons. The molecule has 1 amide bonds. The van der Waals surface area contributed by atoms with Gasteiger partial charge in [-0.15, -0.1) is 11.3 Å². The first kappa shape index (κ1) is 20.0. The Balaban J connectivity index is 1.38. The van der Waals surface area contributed by atoms with Crippen molar-refractivity contribution in [2.24, 2.45) is 5.92 Å². The number of amides is 1. The number of esters is 1. The Morgan fingerprint density at radius 1 is 1.13 bits per heavy atom. The molecule has 2 aromatic carbocycles. The van der Waals surface area contributed by atoms with Crippen molar-refractivity contribution in [2.75, 3.05) is 11.9 Å². The average molecular weight is 420 g/mol. The quantitative estimate of drug-likeness (QED) is 0.609. The molecular formula is C23H21N3O3S. The van der Waals surface area contributed by atoms with Gasteiger partial charge in [0.05, 0.1) is 32.8 Å². The molecule has 4 rings (SSSR count). The smallest absolute Gasteiger partial charge is 0.310 e. The molecule has 152 valence electrons. The van der Waals surface area contributed by atoms with E-state index in [-0.39, 0.29) is 24.4 Å². The SMILES string of the molecule is N#Cc1ccc(NC(=O)COC(=O)[C@H]2CCCC[C@H]2c2nc3ccccc3s2)cc1. The van der Waals surface area contributed by atoms with Crippen LogP contribution in [0.4, 0.5) is 5.69 Å². The number of carbonyl (C=O) groups excluding carboxylic acids is 2. The Bertz CT molecular complexity index is 1070. The van der Waals surface area contributed by atoms with Gasteiger partial charge in [-0.3, -0.25) is 9.59 Å². The fraction of sp³-hybridized carbons (Fsp3) is 0.304. The number of nitrogens with one attached hydrogen (secondary N) is 1. The second-order valence-electron chi connectivity index (χ2n) is 7.36. The minimum Gasteiger partial charge on any atom is -0.455 e. The van der Waals surface area contributed by atoms with Crippen LogP contribution in [-0.4, -0.2) is 23.5 Å². The third kappa shape index (κ3) is 4.50. The van der Waals surface area contributed by atoms with Gasteiger partial charge in [-0.2, -0.15) is 5.26 Å². The summed E-state index contributed by atoms with van der Waals surface area (Å²) in [5, 5.41) is 12.5. The number of ether oxygens (including phenoxy) is 1. The zero-order valence-electron chi connectivity index (χ0n) is 16.3. The summed E-state index contributed by atoms with van der Waals surface area (Å²) in [4.78, 5) is 29.7. The van der Waals surface area contributed by atoms with Crippen LogP contribution in [0.2, 0.25) is 0 Å². The highest BCUT2D eigenvalue weighted by Crippen LogP contribution is 2.41. The molecular weight excluding hydrogens is 398 g/mol. The fourth-order valence-electron chi connectivity index (χ4n) is 3.83. The second kappa shape index (κ2) is 9.06. The molecule has 1 heterocycles. The van der Waals surface area contributed by atoms with Crippen molar-refractivity contribution >= 4 is 39.1 Å². The van der Waals surface area contributed by atoms with Crippen LogP contribution in [0.25, 0.3) is 10.2 Å². The zero-order chi connectivity index (χ0) is 20.9. The van der Waals surface area contributed by atoms with Crippen LogP contribution in [0.3, 0.4) is 0 Å². The molecule has 30 heavy (non-hydrogen) atoms. The number of hydrogen-bond donors (Lipinski definition) is 1. The highest BCUT2D eigenvalue weighted by atomic mass is 32.1. The molecule has 1 aliphatic rings. The summed E-state index contributed by atoms with van der Waals surface area (Å²) in [7, 11) is 0. The summed E-state index contributed by atoms with van der Waals surface area (Å²) in [5.74, 6) is -0.985. The van der Waals surface area contributed by atoms with Crippen LogP contribution in [0.15, 0.2) is 48.5 Å². The molecule has 0 saturated heterocycles. The van der Waals surface area contributed by atoms with Crippen molar-refractivity contribution in [2.45, 2.75) is 31.6 Å². The van der Waals surface area contributed by atoms with Crippen molar-refractivity contribution in [3.8, 4) is 6.07 Å². The maximum absolute atomic E-state index is 12.8. The van der Waals surface area contributed by atoms with Crippen molar-refractivity contribution in [1.29, 1.82) is 5.26 Å². The molecule has 3 aromatic rings. The highest BCUT2D eigenvalue weighted by molar-refractivity contribution is 7.18. The predicted octanol–water partition coefficient (Wildman–Crippen LogP) is 4.62. The zero-order valence-corrected chi connectivity index (χ0v) is 17.2. The van der Waals surface area contributed by atoms with E-state index >= 15 is 0 Å². The number of hydrogen-bond acceptors (Lipinski definition) is 6. The summed E-state index contributed by atoms with van der Waals surface area (Å²) in [5.41, 5.74) is 2.02. The van der Waals surface area contributed by atoms with Gasteiger partial charge < -0.3 is 10.1 Å². The van der Waals surface area contributed by atoms with Crippen molar-refractivity contribution in [1.82, 2.24) is 4.98 Å². The van der Waals surface area contributed by atoms with Crippen LogP contribution in [0.1, 0.15) is 42.2 Å². The molecule has 1 N–H and O–H groups in total. The molecule has 0 bridgehead atoms. The number of anilines is 1. The molecule has 1 saturated carbocycles. The summed E-state index contributed by atoms with van der Waals surface area (Å²) in [6.07, 6.45) is 3.68. The van der Waals surface area contributed by atoms with Gasteiger partial charge in [0, 0.05) is 11.6 Å². The van der Waals surface area contributed by atoms with Crippen molar-refractivity contribution in [3.05, 3.63) is 59.1 Å². The Kier molecular flexibility index (Phi) is 6.05. The minimum atomic E-state index is -0.402. The van der Waals surface area contributed by atoms with E-state index in [1.54, 1.807) is 35.6 Å². The number of benzene rings is 2. The second-order valence-corrected chi connectivity index (χ2v) is 8.42. The van der Waals surface area contributed by atoms with E-state index in [9.17, 15) is 9.59 Å². The molecule has 2 atom stereocenters. The van der Waals surface area contributed by atoms with Crippen LogP contribution in [0, 0.1) is 17.2 Å². The van der Waals surface area contributed by atoms with Crippen molar-refractivity contribution < 1.29 is 14.3 Å². The molecule has 6 nitrogen and oxygen atoms in total. The largest absolute Gasteiger partial charge is 0.455 e. The molecule has 0 aliphatic heterocycles. The highest BCUT2D eigenvalue weighted by Gasteiger charge is 2.35. The third-order valence-corrected chi connectivity index (χ3v) is 6.51. The van der Waals surface area contributed by atoms with E-state index in [1.807, 2.05) is 30.3 Å². The van der Waals surface area contributed by atoms with Crippen LogP contribution < -0.4 is 5.32 Å². The number of thiazole rings is 1. The lowest BCUT2D eigenvalue weighted by Gasteiger charge is -2.28. The molecule has 1 aliphatic carbocycles. The van der Waals surface area contributed by atoms with Crippen LogP contribution in [-0.2, 0) is 14.3 Å². The fourth-order valence-corrected chi connectivity index (χ4v) is 4.99. The van der Waals surface area contributed by atoms with E-state index < -0.39 is 5.91 Å². The maximum atomic E-state index is 12.8. The van der Waals surface area contributed by atoms with Gasteiger partial charge in [-0.1, -0.05) is 25.0 Å². The van der Waals surface area contributed by atoms with Gasteiger partial charge in [-0.25, -0.2) is 4.98 Å². The predicted molar refractivity (Wildman–Crippen MR) is 115 cm³/mol. The molecule has 1 fully saturated rings. The molecule has 7 heteroatoms. The standard InChI is InChI=1S/C23H21N3O3S/c24-13-15-9-11-16(12-10-15)25-21(27)14-29-23(28)18-6-2-1-5-17(18)22-26-19-7-3-4-8-20(19)30-22/h3-4,7-12,17-18H,1-2,5-6,14H2,(H,25,27)/t17-,18+/m1/s1. The van der Waals surface area contributed by atoms with Gasteiger partial charge in [0.25, 0.3) is 5.91 Å². The number of aromatic nitrogens is 1. The normalized spacial score (nSPS) is 18.5. The Labute approximate surface area is 178 Å². The van der Waals surface area contributed by atoms with E-state index in [4.69, 9.17) is 15.0 Å². The van der Waals surface area contributed by atoms with Crippen molar-refractivity contribution in [3.63, 3.8) is 0 Å². The number of carbonyl (C=O) groups is 2. The van der Waals surface area contributed by atoms with E-state index in [0.29, 0.717) is 11.3 Å². The van der Waals surface area contributed by atoms with E-state index in [0.717, 1.165) is 40.9 Å². The van der Waals surface area contributed by atoms with Gasteiger partial charge in [0.15, 0.2) is 6.61 Å². The summed E-state index contributed by atoms with van der Waals surface area (Å²) in [6.45, 7) is -0.331. The number of nitriles is 1. The summed E-state index contributed by atoms with van der Waals surface area (Å²) in [6, 6.07) is 16.5. The topological polar surface area (TPSA) is 92.1 Å². The van der Waals surface area contributed by atoms with E-state index in [1.165, 1.54) is 0 Å². The van der Waals surface area contributed by atoms with Gasteiger partial charge in [0.2, 0.25) is 0 Å². The first-order chi connectivity index (χ1) is 14.6. The monoisotopic (exact) mass is 419 g/mol. The Morgan fingerprint density at radius 2 is 1.90 bits per heavy atom. The number of para-hydroxylation sites is 1. The Hall–Kier alpha value is -3.24. The van der Waals surface area contributed by atoms with Gasteiger partial charge >= 0.3 is 5.97 Å². The number of fused-ring (bicyclic) bond motifs is 1. The molecule has 0 spiro atoms. The number of rotatable bonds is 5. The lowest BCUT2D eigenvalue weighted by Crippen LogP contribution is -2.30. The third-order valence-electron chi connectivity index (χ3n) is 5.34. The average Bonchev–Trinajstić information content (AvgIpc) is 3.22. The first-order valence-electron chi connectivity index (χ1n) is 9.96. The minimum absolute atomic E-state index is 0.0326. The Morgan fingerprint density at radius 3 is 2.67 bits per heavy atom. The number of nitrogens with zero attached hydrogens (tertiary/aromatic N) is 2. The van der Waals surface area contributed by atoms with Gasteiger partial charge in [0.1, 0.15) is 0 Å². The lowest BCUT2D eigenvalue weighted by atomic mass is 9.79. The van der Waals surface area contributed by atoms with Crippen LogP contribution >= 0.6 is 11.3 Å². The van der Waals surface area contributed by atoms with Gasteiger partial charge in [-0.05, 0) is 49.2 Å². The lowest BCUT2D eigenvalue weighted by molar-refractivity contribution is -0.153. The first-order valence-corrected chi connectivity index (χ1v) is 10.8.